The molecular weight excluding hydrogens is 508 g/mol. The summed E-state index contributed by atoms with van der Waals surface area (Å²) in [4.78, 5) is 6.98. The van der Waals surface area contributed by atoms with E-state index in [-0.39, 0.29) is 42.0 Å². The minimum Gasteiger partial charge on any atom is -0.383 e. The zero-order chi connectivity index (χ0) is 21.4. The lowest BCUT2D eigenvalue weighted by atomic mass is 9.84. The number of hydrogen-bond acceptors (Lipinski definition) is 3. The summed E-state index contributed by atoms with van der Waals surface area (Å²) in [6.07, 6.45) is -2.27. The molecule has 172 valence electrons. The Kier molecular flexibility index (Phi) is 11.4. The summed E-state index contributed by atoms with van der Waals surface area (Å²) in [5.74, 6) is 0.968. The second kappa shape index (κ2) is 12.7. The Hall–Kier alpha value is -1.07. The van der Waals surface area contributed by atoms with Crippen LogP contribution in [0.3, 0.4) is 0 Å². The highest BCUT2D eigenvalue weighted by Gasteiger charge is 2.33. The minimum atomic E-state index is -4.31. The van der Waals surface area contributed by atoms with Crippen LogP contribution in [0.15, 0.2) is 29.3 Å². The zero-order valence-electron chi connectivity index (χ0n) is 18.1. The van der Waals surface area contributed by atoms with E-state index in [1.165, 1.54) is 12.1 Å². The average Bonchev–Trinajstić information content (AvgIpc) is 2.66. The van der Waals surface area contributed by atoms with E-state index >= 15 is 0 Å². The molecule has 3 unspecified atom stereocenters. The van der Waals surface area contributed by atoms with E-state index < -0.39 is 11.7 Å². The molecule has 1 aliphatic heterocycles. The van der Waals surface area contributed by atoms with Crippen molar-refractivity contribution in [1.29, 1.82) is 0 Å². The molecule has 30 heavy (non-hydrogen) atoms. The molecule has 1 saturated heterocycles. The molecule has 0 amide bonds. The van der Waals surface area contributed by atoms with Crippen molar-refractivity contribution in [2.45, 2.75) is 44.9 Å². The molecule has 2 rings (SSSR count). The van der Waals surface area contributed by atoms with Crippen LogP contribution in [0.4, 0.5) is 13.2 Å². The summed E-state index contributed by atoms with van der Waals surface area (Å²) >= 11 is 0. The normalized spacial score (nSPS) is 21.6. The Morgan fingerprint density at radius 2 is 1.97 bits per heavy atom. The molecule has 1 heterocycles. The van der Waals surface area contributed by atoms with Gasteiger partial charge in [0, 0.05) is 32.3 Å². The molecule has 0 bridgehead atoms. The fourth-order valence-corrected chi connectivity index (χ4v) is 3.90. The van der Waals surface area contributed by atoms with Crippen LogP contribution in [0, 0.1) is 5.92 Å². The molecule has 1 aromatic carbocycles. The van der Waals surface area contributed by atoms with Gasteiger partial charge >= 0.3 is 6.18 Å². The summed E-state index contributed by atoms with van der Waals surface area (Å²) < 4.78 is 43.9. The van der Waals surface area contributed by atoms with Gasteiger partial charge in [-0.1, -0.05) is 12.1 Å². The number of nitrogens with one attached hydrogen (secondary N) is 2. The zero-order valence-corrected chi connectivity index (χ0v) is 20.5. The topological polar surface area (TPSA) is 48.9 Å². The number of likely N-dealkylation sites (tertiary alicyclic amines) is 1. The van der Waals surface area contributed by atoms with Crippen molar-refractivity contribution in [2.75, 3.05) is 40.4 Å². The third-order valence-electron chi connectivity index (χ3n) is 5.21. The first-order valence-electron chi connectivity index (χ1n) is 10.2. The smallest absolute Gasteiger partial charge is 0.383 e. The SMILES string of the molecule is CCNC(=NCC1CCCN(C)C1c1ccc(C(F)(F)F)cc1)NC(C)COC.I. The minimum absolute atomic E-state index is 0. The Labute approximate surface area is 194 Å². The summed E-state index contributed by atoms with van der Waals surface area (Å²) in [7, 11) is 3.69. The molecule has 1 fully saturated rings. The molecule has 0 aromatic heterocycles. The predicted molar refractivity (Wildman–Crippen MR) is 125 cm³/mol. The van der Waals surface area contributed by atoms with Crippen LogP contribution < -0.4 is 10.6 Å². The summed E-state index contributed by atoms with van der Waals surface area (Å²) in [5.41, 5.74) is 0.297. The van der Waals surface area contributed by atoms with Gasteiger partial charge in [0.2, 0.25) is 0 Å². The van der Waals surface area contributed by atoms with E-state index in [1.807, 2.05) is 20.9 Å². The lowest BCUT2D eigenvalue weighted by Crippen LogP contribution is -2.44. The van der Waals surface area contributed by atoms with Crippen LogP contribution >= 0.6 is 24.0 Å². The Bertz CT molecular complexity index is 655. The van der Waals surface area contributed by atoms with Crippen LogP contribution in [0.2, 0.25) is 0 Å². The maximum Gasteiger partial charge on any atom is 0.416 e. The summed E-state index contributed by atoms with van der Waals surface area (Å²) in [6, 6.07) is 5.74. The van der Waals surface area contributed by atoms with Crippen molar-refractivity contribution in [3.8, 4) is 0 Å². The van der Waals surface area contributed by atoms with Gasteiger partial charge in [-0.05, 0) is 63.9 Å². The lowest BCUT2D eigenvalue weighted by Gasteiger charge is -2.39. The molecule has 3 atom stereocenters. The van der Waals surface area contributed by atoms with Gasteiger partial charge in [-0.3, -0.25) is 9.89 Å². The molecule has 0 spiro atoms. The lowest BCUT2D eigenvalue weighted by molar-refractivity contribution is -0.137. The van der Waals surface area contributed by atoms with Gasteiger partial charge in [0.25, 0.3) is 0 Å². The number of benzene rings is 1. The number of aliphatic imine (C=N–C) groups is 1. The van der Waals surface area contributed by atoms with E-state index in [2.05, 4.69) is 15.5 Å². The highest BCUT2D eigenvalue weighted by molar-refractivity contribution is 14.0. The van der Waals surface area contributed by atoms with E-state index in [0.29, 0.717) is 13.2 Å². The van der Waals surface area contributed by atoms with Gasteiger partial charge in [0.1, 0.15) is 0 Å². The molecule has 0 radical (unpaired) electrons. The summed E-state index contributed by atoms with van der Waals surface area (Å²) in [6.45, 7) is 6.89. The number of alkyl halides is 3. The van der Waals surface area contributed by atoms with Crippen LogP contribution in [0.1, 0.15) is 43.9 Å². The number of methoxy groups -OCH3 is 1. The summed E-state index contributed by atoms with van der Waals surface area (Å²) in [5, 5.41) is 6.57. The maximum atomic E-state index is 12.9. The fourth-order valence-electron chi connectivity index (χ4n) is 3.90. The van der Waals surface area contributed by atoms with E-state index in [9.17, 15) is 13.2 Å². The number of hydrogen-bond donors (Lipinski definition) is 2. The number of halogens is 4. The van der Waals surface area contributed by atoms with Crippen LogP contribution in [-0.4, -0.2) is 57.3 Å². The van der Waals surface area contributed by atoms with Gasteiger partial charge in [0.05, 0.1) is 12.2 Å². The van der Waals surface area contributed by atoms with Gasteiger partial charge < -0.3 is 15.4 Å². The van der Waals surface area contributed by atoms with Gasteiger partial charge in [-0.2, -0.15) is 13.2 Å². The second-order valence-corrected chi connectivity index (χ2v) is 7.67. The first-order chi connectivity index (χ1) is 13.8. The highest BCUT2D eigenvalue weighted by atomic mass is 127. The quantitative estimate of drug-likeness (QED) is 0.307. The molecule has 1 aliphatic rings. The average molecular weight is 542 g/mol. The standard InChI is InChI=1S/C21H33F3N4O.HI/c1-5-25-20(27-15(2)14-29-4)26-13-17-7-6-12-28(3)19(17)16-8-10-18(11-9-16)21(22,23)24;/h8-11,15,17,19H,5-7,12-14H2,1-4H3,(H2,25,26,27);1H. The van der Waals surface area contributed by atoms with E-state index in [4.69, 9.17) is 9.73 Å². The molecule has 1 aromatic rings. The number of piperidine rings is 1. The Morgan fingerprint density at radius 1 is 1.30 bits per heavy atom. The molecule has 0 aliphatic carbocycles. The number of guanidine groups is 1. The van der Waals surface area contributed by atoms with Crippen molar-refractivity contribution in [2.24, 2.45) is 10.9 Å². The van der Waals surface area contributed by atoms with E-state index in [0.717, 1.165) is 37.5 Å². The molecule has 2 N–H and O–H groups in total. The van der Waals surface area contributed by atoms with Crippen molar-refractivity contribution < 1.29 is 17.9 Å². The molecular formula is C21H34F3IN4O. The van der Waals surface area contributed by atoms with E-state index in [1.54, 1.807) is 19.2 Å². The monoisotopic (exact) mass is 542 g/mol. The van der Waals surface area contributed by atoms with Crippen molar-refractivity contribution in [1.82, 2.24) is 15.5 Å². The first-order valence-corrected chi connectivity index (χ1v) is 10.2. The van der Waals surface area contributed by atoms with Crippen LogP contribution in [0.25, 0.3) is 0 Å². The third kappa shape index (κ3) is 7.88. The third-order valence-corrected chi connectivity index (χ3v) is 5.21. The second-order valence-electron chi connectivity index (χ2n) is 7.67. The van der Waals surface area contributed by atoms with Gasteiger partial charge in [0.15, 0.2) is 5.96 Å². The number of rotatable bonds is 7. The number of nitrogens with zero attached hydrogens (tertiary/aromatic N) is 2. The Morgan fingerprint density at radius 3 is 2.53 bits per heavy atom. The van der Waals surface area contributed by atoms with Crippen molar-refractivity contribution >= 4 is 29.9 Å². The molecule has 9 heteroatoms. The van der Waals surface area contributed by atoms with Crippen LogP contribution in [-0.2, 0) is 10.9 Å². The fraction of sp³-hybridized carbons (Fsp3) is 0.667. The van der Waals surface area contributed by atoms with Crippen LogP contribution in [0.5, 0.6) is 0 Å². The molecule has 0 saturated carbocycles. The number of ether oxygens (including phenoxy) is 1. The predicted octanol–water partition coefficient (Wildman–Crippen LogP) is 4.30. The molecule has 5 nitrogen and oxygen atoms in total. The highest BCUT2D eigenvalue weighted by Crippen LogP contribution is 2.37. The van der Waals surface area contributed by atoms with Gasteiger partial charge in [-0.25, -0.2) is 0 Å². The largest absolute Gasteiger partial charge is 0.416 e. The van der Waals surface area contributed by atoms with Crippen molar-refractivity contribution in [3.05, 3.63) is 35.4 Å². The van der Waals surface area contributed by atoms with Crippen molar-refractivity contribution in [3.63, 3.8) is 0 Å². The maximum absolute atomic E-state index is 12.9. The first kappa shape index (κ1) is 27.0. The van der Waals surface area contributed by atoms with Gasteiger partial charge in [-0.15, -0.1) is 24.0 Å². The Balaban J connectivity index is 0.00000450.